The smallest absolute Gasteiger partial charge is 0.150 e. The Labute approximate surface area is 126 Å². The van der Waals surface area contributed by atoms with Crippen LogP contribution < -0.4 is 5.32 Å². The second-order valence-corrected chi connectivity index (χ2v) is 5.87. The topological polar surface area (TPSA) is 12.0 Å². The molecule has 1 N–H and O–H groups in total. The maximum absolute atomic E-state index is 13.8. The Morgan fingerprint density at radius 1 is 1.00 bits per heavy atom. The highest BCUT2D eigenvalue weighted by Gasteiger charge is 2.14. The van der Waals surface area contributed by atoms with Gasteiger partial charge in [-0.3, -0.25) is 0 Å². The molecule has 1 atom stereocenters. The molecule has 0 radical (unpaired) electrons. The largest absolute Gasteiger partial charge is 0.374 e. The fourth-order valence-corrected chi connectivity index (χ4v) is 2.42. The van der Waals surface area contributed by atoms with Gasteiger partial charge in [-0.05, 0) is 49.6 Å². The Balaban J connectivity index is 2.27. The van der Waals surface area contributed by atoms with Crippen LogP contribution in [-0.2, 0) is 0 Å². The van der Waals surface area contributed by atoms with Crippen LogP contribution >= 0.6 is 15.9 Å². The van der Waals surface area contributed by atoms with Crippen LogP contribution in [-0.4, -0.2) is 0 Å². The van der Waals surface area contributed by atoms with E-state index in [1.807, 2.05) is 39.0 Å². The summed E-state index contributed by atoms with van der Waals surface area (Å²) in [6, 6.07) is 8.32. The third kappa shape index (κ3) is 3.18. The minimum absolute atomic E-state index is 0.0982. The van der Waals surface area contributed by atoms with E-state index in [1.165, 1.54) is 17.7 Å². The minimum atomic E-state index is -0.604. The standard InChI is InChI=1S/C16H16BrF2N/c1-9-4-5-12(6-10(9)2)11(3)20-16-14(18)7-13(17)8-15(16)19/h4-8,11,20H,1-3H3. The molecule has 20 heavy (non-hydrogen) atoms. The Kier molecular flexibility index (Phi) is 4.43. The molecule has 1 unspecified atom stereocenters. The molecule has 106 valence electrons. The molecule has 0 heterocycles. The molecule has 2 rings (SSSR count). The number of benzene rings is 2. The average molecular weight is 340 g/mol. The first-order chi connectivity index (χ1) is 9.38. The number of anilines is 1. The highest BCUT2D eigenvalue weighted by molar-refractivity contribution is 9.10. The third-order valence-electron chi connectivity index (χ3n) is 3.40. The van der Waals surface area contributed by atoms with Crippen LogP contribution in [0.2, 0.25) is 0 Å². The lowest BCUT2D eigenvalue weighted by Crippen LogP contribution is -2.10. The zero-order valence-electron chi connectivity index (χ0n) is 11.6. The Morgan fingerprint density at radius 2 is 1.60 bits per heavy atom. The number of nitrogens with one attached hydrogen (secondary N) is 1. The van der Waals surface area contributed by atoms with E-state index >= 15 is 0 Å². The molecule has 1 nitrogen and oxygen atoms in total. The molecule has 0 bridgehead atoms. The maximum Gasteiger partial charge on any atom is 0.150 e. The van der Waals surface area contributed by atoms with E-state index in [0.29, 0.717) is 4.47 Å². The van der Waals surface area contributed by atoms with Gasteiger partial charge in [0.2, 0.25) is 0 Å². The molecule has 2 aromatic rings. The van der Waals surface area contributed by atoms with Crippen LogP contribution in [0.4, 0.5) is 14.5 Å². The third-order valence-corrected chi connectivity index (χ3v) is 3.86. The summed E-state index contributed by atoms with van der Waals surface area (Å²) < 4.78 is 28.0. The Morgan fingerprint density at radius 3 is 2.15 bits per heavy atom. The number of hydrogen-bond donors (Lipinski definition) is 1. The van der Waals surface area contributed by atoms with Crippen molar-refractivity contribution in [2.45, 2.75) is 26.8 Å². The number of rotatable bonds is 3. The monoisotopic (exact) mass is 339 g/mol. The van der Waals surface area contributed by atoms with E-state index in [9.17, 15) is 8.78 Å². The SMILES string of the molecule is Cc1ccc(C(C)Nc2c(F)cc(Br)cc2F)cc1C. The van der Waals surface area contributed by atoms with Gasteiger partial charge < -0.3 is 5.32 Å². The van der Waals surface area contributed by atoms with Crippen molar-refractivity contribution in [3.63, 3.8) is 0 Å². The highest BCUT2D eigenvalue weighted by atomic mass is 79.9. The predicted molar refractivity (Wildman–Crippen MR) is 82.0 cm³/mol. The summed E-state index contributed by atoms with van der Waals surface area (Å²) in [5.41, 5.74) is 3.25. The predicted octanol–water partition coefficient (Wildman–Crippen LogP) is 5.52. The van der Waals surface area contributed by atoms with Gasteiger partial charge in [0.05, 0.1) is 0 Å². The van der Waals surface area contributed by atoms with E-state index in [1.54, 1.807) is 0 Å². The van der Waals surface area contributed by atoms with Gasteiger partial charge in [-0.2, -0.15) is 0 Å². The Bertz CT molecular complexity index is 617. The molecular weight excluding hydrogens is 324 g/mol. The van der Waals surface area contributed by atoms with Gasteiger partial charge >= 0.3 is 0 Å². The zero-order valence-corrected chi connectivity index (χ0v) is 13.2. The maximum atomic E-state index is 13.8. The van der Waals surface area contributed by atoms with Crippen LogP contribution in [0.5, 0.6) is 0 Å². The molecule has 0 spiro atoms. The van der Waals surface area contributed by atoms with E-state index in [4.69, 9.17) is 0 Å². The second-order valence-electron chi connectivity index (χ2n) is 4.95. The normalized spacial score (nSPS) is 12.3. The van der Waals surface area contributed by atoms with E-state index in [0.717, 1.165) is 11.1 Å². The van der Waals surface area contributed by atoms with Crippen molar-refractivity contribution < 1.29 is 8.78 Å². The second kappa shape index (κ2) is 5.92. The first kappa shape index (κ1) is 15.0. The van der Waals surface area contributed by atoms with Crippen LogP contribution in [0.25, 0.3) is 0 Å². The van der Waals surface area contributed by atoms with Crippen molar-refractivity contribution >= 4 is 21.6 Å². The van der Waals surface area contributed by atoms with Gasteiger partial charge in [-0.1, -0.05) is 34.1 Å². The molecule has 2 aromatic carbocycles. The summed E-state index contributed by atoms with van der Waals surface area (Å²) in [6.07, 6.45) is 0. The fourth-order valence-electron chi connectivity index (χ4n) is 2.01. The van der Waals surface area contributed by atoms with Gasteiger partial charge in [0, 0.05) is 10.5 Å². The lowest BCUT2D eigenvalue weighted by atomic mass is 10.0. The van der Waals surface area contributed by atoms with Crippen molar-refractivity contribution in [3.05, 3.63) is 63.1 Å². The molecule has 0 amide bonds. The molecule has 0 aromatic heterocycles. The van der Waals surface area contributed by atoms with Crippen molar-refractivity contribution in [1.82, 2.24) is 0 Å². The summed E-state index contributed by atoms with van der Waals surface area (Å²) in [7, 11) is 0. The quantitative estimate of drug-likeness (QED) is 0.776. The van der Waals surface area contributed by atoms with Gasteiger partial charge in [-0.15, -0.1) is 0 Å². The summed E-state index contributed by atoms with van der Waals surface area (Å²) in [4.78, 5) is 0. The van der Waals surface area contributed by atoms with Gasteiger partial charge in [0.15, 0.2) is 0 Å². The van der Waals surface area contributed by atoms with Crippen LogP contribution in [0.3, 0.4) is 0 Å². The van der Waals surface area contributed by atoms with Gasteiger partial charge in [0.25, 0.3) is 0 Å². The number of aryl methyl sites for hydroxylation is 2. The van der Waals surface area contributed by atoms with Gasteiger partial charge in [-0.25, -0.2) is 8.78 Å². The van der Waals surface area contributed by atoms with E-state index in [2.05, 4.69) is 21.2 Å². The molecule has 0 fully saturated rings. The first-order valence-electron chi connectivity index (χ1n) is 6.36. The average Bonchev–Trinajstić information content (AvgIpc) is 2.36. The van der Waals surface area contributed by atoms with Crippen LogP contribution in [0.15, 0.2) is 34.8 Å². The van der Waals surface area contributed by atoms with Crippen molar-refractivity contribution in [2.75, 3.05) is 5.32 Å². The van der Waals surface area contributed by atoms with E-state index in [-0.39, 0.29) is 11.7 Å². The van der Waals surface area contributed by atoms with Gasteiger partial charge in [0.1, 0.15) is 17.3 Å². The zero-order chi connectivity index (χ0) is 14.9. The summed E-state index contributed by atoms with van der Waals surface area (Å²) in [6.45, 7) is 5.93. The Hall–Kier alpha value is -1.42. The molecule has 4 heteroatoms. The minimum Gasteiger partial charge on any atom is -0.374 e. The summed E-state index contributed by atoms with van der Waals surface area (Å²) in [5.74, 6) is -1.21. The van der Waals surface area contributed by atoms with Crippen molar-refractivity contribution in [3.8, 4) is 0 Å². The summed E-state index contributed by atoms with van der Waals surface area (Å²) >= 11 is 3.07. The molecular formula is C16H16BrF2N. The van der Waals surface area contributed by atoms with Crippen molar-refractivity contribution in [1.29, 1.82) is 0 Å². The summed E-state index contributed by atoms with van der Waals surface area (Å²) in [5, 5.41) is 2.90. The van der Waals surface area contributed by atoms with E-state index < -0.39 is 11.6 Å². The molecule has 0 aliphatic rings. The first-order valence-corrected chi connectivity index (χ1v) is 7.16. The van der Waals surface area contributed by atoms with Crippen molar-refractivity contribution in [2.24, 2.45) is 0 Å². The van der Waals surface area contributed by atoms with Crippen LogP contribution in [0, 0.1) is 25.5 Å². The van der Waals surface area contributed by atoms with Crippen LogP contribution in [0.1, 0.15) is 29.7 Å². The fraction of sp³-hybridized carbons (Fsp3) is 0.250. The number of halogens is 3. The molecule has 0 saturated carbocycles. The highest BCUT2D eigenvalue weighted by Crippen LogP contribution is 2.28. The number of hydrogen-bond acceptors (Lipinski definition) is 1. The molecule has 0 aliphatic heterocycles. The molecule has 0 aliphatic carbocycles. The lowest BCUT2D eigenvalue weighted by molar-refractivity contribution is 0.583. The molecule has 0 saturated heterocycles. The lowest BCUT2D eigenvalue weighted by Gasteiger charge is -2.18.